The molecular weight excluding hydrogens is 609 g/mol. The Morgan fingerprint density at radius 3 is 1.07 bits per heavy atom. The lowest BCUT2D eigenvalue weighted by molar-refractivity contribution is 0.665. The molecule has 0 saturated heterocycles. The summed E-state index contributed by atoms with van der Waals surface area (Å²) in [6.07, 6.45) is 26.4. The van der Waals surface area contributed by atoms with E-state index >= 15 is 0 Å². The van der Waals surface area contributed by atoms with Crippen molar-refractivity contribution in [2.75, 3.05) is 0 Å². The summed E-state index contributed by atoms with van der Waals surface area (Å²) in [4.78, 5) is 12.1. The van der Waals surface area contributed by atoms with Crippen LogP contribution in [0.2, 0.25) is 0 Å². The second-order valence-electron chi connectivity index (χ2n) is 12.7. The molecule has 4 aromatic heterocycles. The highest BCUT2D eigenvalue weighted by Gasteiger charge is 2.17. The van der Waals surface area contributed by atoms with E-state index in [2.05, 4.69) is 86.8 Å². The van der Waals surface area contributed by atoms with Crippen LogP contribution in [0.3, 0.4) is 0 Å². The van der Waals surface area contributed by atoms with Crippen molar-refractivity contribution >= 4 is 45.3 Å². The average Bonchev–Trinajstić information content (AvgIpc) is 3.84. The molecule has 0 nitrogen and oxygen atoms in total. The summed E-state index contributed by atoms with van der Waals surface area (Å²) in [6, 6.07) is 14.8. The summed E-state index contributed by atoms with van der Waals surface area (Å²) in [5.74, 6) is 0. The van der Waals surface area contributed by atoms with Crippen LogP contribution in [0, 0.1) is 0 Å². The molecule has 0 aromatic carbocycles. The zero-order chi connectivity index (χ0) is 31.0. The molecule has 0 unspecified atom stereocenters. The third-order valence-corrected chi connectivity index (χ3v) is 14.0. The SMILES string of the molecule is CCCCCCc1cc(CCCCCC)c(-c2ccc(-c3ccc(-c4sc(CCCCCC)cc4CCCCCC)s3)s2)s1. The minimum atomic E-state index is 1.23. The third-order valence-electron chi connectivity index (χ3n) is 8.78. The van der Waals surface area contributed by atoms with Crippen LogP contribution in [0.4, 0.5) is 0 Å². The molecule has 4 rings (SSSR count). The van der Waals surface area contributed by atoms with Crippen LogP contribution in [-0.4, -0.2) is 0 Å². The van der Waals surface area contributed by atoms with Crippen molar-refractivity contribution in [3.8, 4) is 29.3 Å². The van der Waals surface area contributed by atoms with Gasteiger partial charge in [0.15, 0.2) is 0 Å². The maximum absolute atomic E-state index is 2.57. The van der Waals surface area contributed by atoms with Gasteiger partial charge in [-0.1, -0.05) is 105 Å². The van der Waals surface area contributed by atoms with E-state index in [-0.39, 0.29) is 0 Å². The van der Waals surface area contributed by atoms with Gasteiger partial charge in [-0.3, -0.25) is 0 Å². The first-order valence-corrected chi connectivity index (χ1v) is 21.4. The molecule has 0 fully saturated rings. The Bertz CT molecular complexity index is 1230. The monoisotopic (exact) mass is 666 g/mol. The predicted molar refractivity (Wildman–Crippen MR) is 206 cm³/mol. The van der Waals surface area contributed by atoms with Crippen molar-refractivity contribution in [1.29, 1.82) is 0 Å². The lowest BCUT2D eigenvalue weighted by atomic mass is 10.0. The number of thiophene rings is 4. The highest BCUT2D eigenvalue weighted by molar-refractivity contribution is 7.28. The summed E-state index contributed by atoms with van der Waals surface area (Å²) >= 11 is 8.21. The number of aryl methyl sites for hydroxylation is 4. The molecule has 44 heavy (non-hydrogen) atoms. The zero-order valence-electron chi connectivity index (χ0n) is 28.2. The molecule has 4 aromatic rings. The van der Waals surface area contributed by atoms with Crippen molar-refractivity contribution in [1.82, 2.24) is 0 Å². The topological polar surface area (TPSA) is 0 Å². The Labute approximate surface area is 286 Å². The molecule has 0 atom stereocenters. The van der Waals surface area contributed by atoms with Crippen molar-refractivity contribution < 1.29 is 0 Å². The molecule has 0 amide bonds. The van der Waals surface area contributed by atoms with E-state index in [0.29, 0.717) is 0 Å². The molecule has 0 aliphatic heterocycles. The Balaban J connectivity index is 1.51. The van der Waals surface area contributed by atoms with Crippen LogP contribution in [0.5, 0.6) is 0 Å². The van der Waals surface area contributed by atoms with Crippen molar-refractivity contribution in [2.24, 2.45) is 0 Å². The molecule has 0 saturated carbocycles. The van der Waals surface area contributed by atoms with Crippen LogP contribution in [0.1, 0.15) is 151 Å². The molecule has 0 bridgehead atoms. The Kier molecular flexibility index (Phi) is 16.3. The van der Waals surface area contributed by atoms with Crippen molar-refractivity contribution in [2.45, 2.75) is 156 Å². The van der Waals surface area contributed by atoms with Crippen LogP contribution >= 0.6 is 45.3 Å². The number of rotatable bonds is 23. The summed E-state index contributed by atoms with van der Waals surface area (Å²) in [5, 5.41) is 0. The van der Waals surface area contributed by atoms with E-state index in [1.165, 1.54) is 148 Å². The number of hydrogen-bond acceptors (Lipinski definition) is 4. The molecule has 242 valence electrons. The van der Waals surface area contributed by atoms with Gasteiger partial charge >= 0.3 is 0 Å². The van der Waals surface area contributed by atoms with Gasteiger partial charge in [-0.05, 0) is 98.9 Å². The van der Waals surface area contributed by atoms with Crippen LogP contribution < -0.4 is 0 Å². The zero-order valence-corrected chi connectivity index (χ0v) is 31.5. The smallest absolute Gasteiger partial charge is 0.0477 e. The third kappa shape index (κ3) is 11.0. The molecule has 0 aliphatic carbocycles. The van der Waals surface area contributed by atoms with E-state index in [1.807, 2.05) is 22.7 Å². The van der Waals surface area contributed by atoms with Crippen molar-refractivity contribution in [3.63, 3.8) is 0 Å². The van der Waals surface area contributed by atoms with Gasteiger partial charge in [0.2, 0.25) is 0 Å². The minimum absolute atomic E-state index is 1.23. The summed E-state index contributed by atoms with van der Waals surface area (Å²) < 4.78 is 0. The molecule has 0 radical (unpaired) electrons. The van der Waals surface area contributed by atoms with E-state index in [1.54, 1.807) is 30.6 Å². The van der Waals surface area contributed by atoms with Crippen LogP contribution in [0.25, 0.3) is 29.3 Å². The fraction of sp³-hybridized carbons (Fsp3) is 0.600. The molecule has 0 spiro atoms. The number of unbranched alkanes of at least 4 members (excludes halogenated alkanes) is 12. The van der Waals surface area contributed by atoms with Crippen LogP contribution in [0.15, 0.2) is 36.4 Å². The highest BCUT2D eigenvalue weighted by atomic mass is 32.1. The molecule has 0 aliphatic rings. The Morgan fingerprint density at radius 2 is 0.705 bits per heavy atom. The minimum Gasteiger partial charge on any atom is -0.139 e. The summed E-state index contributed by atoms with van der Waals surface area (Å²) in [6.45, 7) is 9.24. The van der Waals surface area contributed by atoms with Gasteiger partial charge in [0.25, 0.3) is 0 Å². The fourth-order valence-corrected chi connectivity index (χ4v) is 11.0. The van der Waals surface area contributed by atoms with E-state index in [9.17, 15) is 0 Å². The van der Waals surface area contributed by atoms with E-state index < -0.39 is 0 Å². The second-order valence-corrected chi connectivity index (χ2v) is 17.1. The average molecular weight is 667 g/mol. The lowest BCUT2D eigenvalue weighted by Crippen LogP contribution is -1.86. The lowest BCUT2D eigenvalue weighted by Gasteiger charge is -2.02. The largest absolute Gasteiger partial charge is 0.139 e. The highest BCUT2D eigenvalue weighted by Crippen LogP contribution is 2.45. The standard InChI is InChI=1S/C40H58S4/c1-5-9-13-17-21-31-29-33(23-19-15-11-7-3)41-39(31)37-27-25-35(43-37)36-26-28-38(44-36)40-32(22-18-14-10-6-2)30-34(42-40)24-20-16-12-8-4/h25-30H,5-24H2,1-4H3. The normalized spacial score (nSPS) is 11.6. The first kappa shape index (κ1) is 35.7. The molecule has 0 N–H and O–H groups in total. The second kappa shape index (κ2) is 20.1. The van der Waals surface area contributed by atoms with Crippen molar-refractivity contribution in [3.05, 3.63) is 57.3 Å². The number of hydrogen-bond donors (Lipinski definition) is 0. The predicted octanol–water partition coefficient (Wildman–Crippen LogP) is 15.4. The van der Waals surface area contributed by atoms with Gasteiger partial charge in [0.05, 0.1) is 0 Å². The fourth-order valence-electron chi connectivity index (χ4n) is 6.13. The quantitative estimate of drug-likeness (QED) is 0.0691. The van der Waals surface area contributed by atoms with Gasteiger partial charge in [0.1, 0.15) is 0 Å². The first-order valence-electron chi connectivity index (χ1n) is 18.1. The molecule has 4 heteroatoms. The van der Waals surface area contributed by atoms with Gasteiger partial charge in [0, 0.05) is 39.0 Å². The summed E-state index contributed by atoms with van der Waals surface area (Å²) in [5.41, 5.74) is 3.21. The van der Waals surface area contributed by atoms with Crippen LogP contribution in [-0.2, 0) is 25.7 Å². The molecular formula is C40H58S4. The maximum Gasteiger partial charge on any atom is 0.0477 e. The van der Waals surface area contributed by atoms with E-state index in [0.717, 1.165) is 0 Å². The van der Waals surface area contributed by atoms with Gasteiger partial charge < -0.3 is 0 Å². The van der Waals surface area contributed by atoms with E-state index in [4.69, 9.17) is 0 Å². The Morgan fingerprint density at radius 1 is 0.364 bits per heavy atom. The Hall–Kier alpha value is -1.20. The van der Waals surface area contributed by atoms with Gasteiger partial charge in [-0.2, -0.15) is 0 Å². The first-order chi connectivity index (χ1) is 21.7. The maximum atomic E-state index is 2.57. The van der Waals surface area contributed by atoms with Gasteiger partial charge in [-0.15, -0.1) is 45.3 Å². The van der Waals surface area contributed by atoms with Gasteiger partial charge in [-0.25, -0.2) is 0 Å². The molecule has 4 heterocycles. The summed E-state index contributed by atoms with van der Waals surface area (Å²) in [7, 11) is 0.